The summed E-state index contributed by atoms with van der Waals surface area (Å²) in [6.07, 6.45) is 2.77. The van der Waals surface area contributed by atoms with Gasteiger partial charge in [0.2, 0.25) is 0 Å². The monoisotopic (exact) mass is 498 g/mol. The Morgan fingerprint density at radius 2 is 1.81 bits per heavy atom. The third kappa shape index (κ3) is 7.45. The fourth-order valence-corrected chi connectivity index (χ4v) is 3.49. The van der Waals surface area contributed by atoms with E-state index in [0.717, 1.165) is 40.3 Å². The standard InChI is InChI=1S/C16H21BrN4O.C10H14/c1-3-7-20-16-12(22-2)9-11(14(17)15(16)18)10-21-13-6-4-5-8-19-13;1-8(2)10-6-4-9(3)5-7-10/h4-6,8-9,20H,3,7,10,18H2,1-2H3,(H,19,21);4-8H,1-3H3. The van der Waals surface area contributed by atoms with Crippen molar-refractivity contribution < 1.29 is 4.74 Å². The average molecular weight is 499 g/mol. The van der Waals surface area contributed by atoms with Gasteiger partial charge in [0.05, 0.1) is 12.8 Å². The molecule has 172 valence electrons. The number of nitrogens with zero attached hydrogens (tertiary/aromatic N) is 1. The van der Waals surface area contributed by atoms with Crippen LogP contribution in [-0.4, -0.2) is 18.6 Å². The van der Waals surface area contributed by atoms with Crippen LogP contribution in [0.15, 0.2) is 59.2 Å². The maximum absolute atomic E-state index is 6.24. The number of pyridine rings is 1. The van der Waals surface area contributed by atoms with Gasteiger partial charge in [-0.2, -0.15) is 0 Å². The van der Waals surface area contributed by atoms with E-state index in [4.69, 9.17) is 10.5 Å². The Kier molecular flexibility index (Phi) is 10.3. The summed E-state index contributed by atoms with van der Waals surface area (Å²) in [5.74, 6) is 2.22. The first-order valence-corrected chi connectivity index (χ1v) is 11.8. The topological polar surface area (TPSA) is 72.2 Å². The molecule has 0 radical (unpaired) electrons. The van der Waals surface area contributed by atoms with E-state index in [1.807, 2.05) is 24.3 Å². The van der Waals surface area contributed by atoms with Gasteiger partial charge in [-0.25, -0.2) is 4.98 Å². The first-order valence-electron chi connectivity index (χ1n) is 11.0. The van der Waals surface area contributed by atoms with Gasteiger partial charge in [0, 0.05) is 23.8 Å². The summed E-state index contributed by atoms with van der Waals surface area (Å²) in [6.45, 7) is 10.1. The Bertz CT molecular complexity index is 960. The van der Waals surface area contributed by atoms with Crippen LogP contribution in [0.25, 0.3) is 0 Å². The lowest BCUT2D eigenvalue weighted by Crippen LogP contribution is -2.09. The van der Waals surface area contributed by atoms with E-state index in [2.05, 4.69) is 83.5 Å². The SMILES string of the molecule is CCCNc1c(OC)cc(CNc2ccccn2)c(Br)c1N.Cc1ccc(C(C)C)cc1. The molecule has 4 N–H and O–H groups in total. The number of methoxy groups -OCH3 is 1. The molecular formula is C26H35BrN4O. The summed E-state index contributed by atoms with van der Waals surface area (Å²) < 4.78 is 6.33. The van der Waals surface area contributed by atoms with E-state index in [9.17, 15) is 0 Å². The maximum Gasteiger partial charge on any atom is 0.144 e. The number of ether oxygens (including phenoxy) is 1. The lowest BCUT2D eigenvalue weighted by atomic mass is 10.0. The molecule has 0 saturated heterocycles. The first-order chi connectivity index (χ1) is 15.4. The first kappa shape index (κ1) is 25.5. The molecule has 3 rings (SSSR count). The van der Waals surface area contributed by atoms with Crippen LogP contribution in [-0.2, 0) is 6.54 Å². The lowest BCUT2D eigenvalue weighted by Gasteiger charge is -2.18. The highest BCUT2D eigenvalue weighted by Crippen LogP contribution is 2.39. The van der Waals surface area contributed by atoms with Crippen LogP contribution in [0.2, 0.25) is 0 Å². The van der Waals surface area contributed by atoms with Crippen LogP contribution < -0.4 is 21.1 Å². The molecule has 6 heteroatoms. The molecular weight excluding hydrogens is 464 g/mol. The summed E-state index contributed by atoms with van der Waals surface area (Å²) in [7, 11) is 1.65. The van der Waals surface area contributed by atoms with Crippen LogP contribution in [0.3, 0.4) is 0 Å². The molecule has 0 atom stereocenters. The summed E-state index contributed by atoms with van der Waals surface area (Å²) in [5.41, 5.74) is 11.5. The average Bonchev–Trinajstić information content (AvgIpc) is 2.80. The Balaban J connectivity index is 0.000000303. The third-order valence-electron chi connectivity index (χ3n) is 4.98. The van der Waals surface area contributed by atoms with E-state index in [1.165, 1.54) is 11.1 Å². The minimum atomic E-state index is 0.603. The normalized spacial score (nSPS) is 10.3. The predicted octanol–water partition coefficient (Wildman–Crippen LogP) is 6.99. The van der Waals surface area contributed by atoms with Gasteiger partial charge in [0.25, 0.3) is 0 Å². The number of nitrogens with one attached hydrogen (secondary N) is 2. The molecule has 1 aromatic heterocycles. The highest BCUT2D eigenvalue weighted by Gasteiger charge is 2.15. The Morgan fingerprint density at radius 1 is 1.09 bits per heavy atom. The van der Waals surface area contributed by atoms with Gasteiger partial charge in [-0.05, 0) is 64.5 Å². The van der Waals surface area contributed by atoms with E-state index < -0.39 is 0 Å². The highest BCUT2D eigenvalue weighted by molar-refractivity contribution is 9.10. The number of rotatable bonds is 8. The summed E-state index contributed by atoms with van der Waals surface area (Å²) >= 11 is 3.58. The number of hydrogen-bond donors (Lipinski definition) is 3. The van der Waals surface area contributed by atoms with Crippen LogP contribution >= 0.6 is 15.9 Å². The van der Waals surface area contributed by atoms with E-state index in [-0.39, 0.29) is 0 Å². The third-order valence-corrected chi connectivity index (χ3v) is 5.92. The van der Waals surface area contributed by atoms with Crippen molar-refractivity contribution in [2.24, 2.45) is 0 Å². The van der Waals surface area contributed by atoms with E-state index in [1.54, 1.807) is 13.3 Å². The maximum atomic E-state index is 6.24. The molecule has 0 aliphatic heterocycles. The molecule has 0 spiro atoms. The van der Waals surface area contributed by atoms with Gasteiger partial charge in [0.15, 0.2) is 0 Å². The Labute approximate surface area is 200 Å². The molecule has 0 saturated carbocycles. The molecule has 1 heterocycles. The molecule has 0 aliphatic rings. The van der Waals surface area contributed by atoms with Crippen LogP contribution in [0.1, 0.15) is 49.8 Å². The van der Waals surface area contributed by atoms with Gasteiger partial charge < -0.3 is 21.1 Å². The van der Waals surface area contributed by atoms with Gasteiger partial charge in [-0.15, -0.1) is 0 Å². The number of aryl methyl sites for hydroxylation is 1. The summed E-state index contributed by atoms with van der Waals surface area (Å²) in [4.78, 5) is 4.25. The van der Waals surface area contributed by atoms with Crippen molar-refractivity contribution in [1.82, 2.24) is 4.98 Å². The zero-order valence-electron chi connectivity index (χ0n) is 19.7. The molecule has 3 aromatic rings. The Morgan fingerprint density at radius 3 is 2.38 bits per heavy atom. The smallest absolute Gasteiger partial charge is 0.144 e. The quantitative estimate of drug-likeness (QED) is 0.292. The molecule has 0 unspecified atom stereocenters. The number of benzene rings is 2. The number of aromatic nitrogens is 1. The second kappa shape index (κ2) is 13.0. The lowest BCUT2D eigenvalue weighted by molar-refractivity contribution is 0.416. The minimum Gasteiger partial charge on any atom is -0.494 e. The van der Waals surface area contributed by atoms with Crippen molar-refractivity contribution in [2.75, 3.05) is 30.0 Å². The molecule has 5 nitrogen and oxygen atoms in total. The second-order valence-corrected chi connectivity index (χ2v) is 8.69. The Hall–Kier alpha value is -2.73. The highest BCUT2D eigenvalue weighted by atomic mass is 79.9. The van der Waals surface area contributed by atoms with Crippen molar-refractivity contribution in [3.8, 4) is 5.75 Å². The molecule has 32 heavy (non-hydrogen) atoms. The van der Waals surface area contributed by atoms with Gasteiger partial charge in [-0.1, -0.05) is 56.7 Å². The number of halogens is 1. The number of nitrogen functional groups attached to an aromatic ring is 1. The minimum absolute atomic E-state index is 0.603. The van der Waals surface area contributed by atoms with Crippen molar-refractivity contribution in [3.05, 3.63) is 75.9 Å². The molecule has 0 fully saturated rings. The van der Waals surface area contributed by atoms with Crippen LogP contribution in [0.4, 0.5) is 17.2 Å². The van der Waals surface area contributed by atoms with Crippen molar-refractivity contribution in [2.45, 2.75) is 46.6 Å². The van der Waals surface area contributed by atoms with E-state index in [0.29, 0.717) is 18.2 Å². The summed E-state index contributed by atoms with van der Waals surface area (Å²) in [6, 6.07) is 16.4. The van der Waals surface area contributed by atoms with Crippen LogP contribution in [0.5, 0.6) is 5.75 Å². The van der Waals surface area contributed by atoms with Crippen molar-refractivity contribution in [3.63, 3.8) is 0 Å². The fraction of sp³-hybridized carbons (Fsp3) is 0.346. The number of hydrogen-bond acceptors (Lipinski definition) is 5. The molecule has 0 bridgehead atoms. The largest absolute Gasteiger partial charge is 0.494 e. The number of anilines is 3. The molecule has 0 amide bonds. The molecule has 0 aliphatic carbocycles. The van der Waals surface area contributed by atoms with E-state index >= 15 is 0 Å². The predicted molar refractivity (Wildman–Crippen MR) is 141 cm³/mol. The van der Waals surface area contributed by atoms with Crippen molar-refractivity contribution in [1.29, 1.82) is 0 Å². The number of nitrogens with two attached hydrogens (primary N) is 1. The fourth-order valence-electron chi connectivity index (χ4n) is 3.04. The van der Waals surface area contributed by atoms with Crippen molar-refractivity contribution >= 4 is 33.1 Å². The van der Waals surface area contributed by atoms with Gasteiger partial charge >= 0.3 is 0 Å². The van der Waals surface area contributed by atoms with Gasteiger partial charge in [0.1, 0.15) is 17.3 Å². The zero-order valence-corrected chi connectivity index (χ0v) is 21.3. The molecule has 2 aromatic carbocycles. The zero-order chi connectivity index (χ0) is 23.5. The van der Waals surface area contributed by atoms with Gasteiger partial charge in [-0.3, -0.25) is 0 Å². The summed E-state index contributed by atoms with van der Waals surface area (Å²) in [5, 5.41) is 6.58. The second-order valence-electron chi connectivity index (χ2n) is 7.90. The van der Waals surface area contributed by atoms with Crippen LogP contribution in [0, 0.1) is 6.92 Å².